The van der Waals surface area contributed by atoms with Crippen LogP contribution in [0, 0.1) is 5.92 Å². The smallest absolute Gasteiger partial charge is 0.0110 e. The van der Waals surface area contributed by atoms with Gasteiger partial charge in [0.1, 0.15) is 0 Å². The van der Waals surface area contributed by atoms with Gasteiger partial charge in [0.05, 0.1) is 0 Å². The first-order valence-corrected chi connectivity index (χ1v) is 5.85. The molecule has 1 saturated carbocycles. The summed E-state index contributed by atoms with van der Waals surface area (Å²) in [6.07, 6.45) is 9.59. The minimum atomic E-state index is 0.466. The van der Waals surface area contributed by atoms with Crippen LogP contribution in [0.4, 0.5) is 0 Å². The van der Waals surface area contributed by atoms with Crippen molar-refractivity contribution in [2.75, 3.05) is 6.54 Å². The summed E-state index contributed by atoms with van der Waals surface area (Å²) in [5, 5.41) is 3.64. The number of piperidine rings is 1. The van der Waals surface area contributed by atoms with E-state index in [0.717, 1.165) is 18.5 Å². The van der Waals surface area contributed by atoms with Crippen molar-refractivity contribution in [2.45, 2.75) is 57.0 Å². The van der Waals surface area contributed by atoms with Crippen LogP contribution in [0.1, 0.15) is 44.9 Å². The summed E-state index contributed by atoms with van der Waals surface area (Å²) in [5.41, 5.74) is 5.99. The molecule has 2 atom stereocenters. The van der Waals surface area contributed by atoms with Crippen LogP contribution in [0.15, 0.2) is 0 Å². The Bertz CT molecular complexity index is 152. The van der Waals surface area contributed by atoms with Gasteiger partial charge in [0.25, 0.3) is 0 Å². The number of nitrogens with one attached hydrogen (secondary N) is 1. The molecule has 2 nitrogen and oxygen atoms in total. The van der Waals surface area contributed by atoms with E-state index in [1.165, 1.54) is 44.9 Å². The van der Waals surface area contributed by atoms with E-state index in [4.69, 9.17) is 5.73 Å². The Balaban J connectivity index is 1.83. The molecule has 2 heteroatoms. The second kappa shape index (κ2) is 4.43. The Morgan fingerprint density at radius 2 is 1.77 bits per heavy atom. The molecule has 0 radical (unpaired) electrons. The van der Waals surface area contributed by atoms with Crippen molar-refractivity contribution in [3.8, 4) is 0 Å². The Kier molecular flexibility index (Phi) is 3.23. The average molecular weight is 182 g/mol. The first-order valence-electron chi connectivity index (χ1n) is 5.85. The molecule has 1 aliphatic heterocycles. The predicted molar refractivity (Wildman–Crippen MR) is 55.6 cm³/mol. The van der Waals surface area contributed by atoms with Gasteiger partial charge < -0.3 is 11.1 Å². The zero-order chi connectivity index (χ0) is 9.10. The Labute approximate surface area is 81.3 Å². The number of rotatable bonds is 1. The van der Waals surface area contributed by atoms with E-state index in [2.05, 4.69) is 5.32 Å². The summed E-state index contributed by atoms with van der Waals surface area (Å²) in [7, 11) is 0. The highest BCUT2D eigenvalue weighted by atomic mass is 14.9. The summed E-state index contributed by atoms with van der Waals surface area (Å²) in [5.74, 6) is 0.931. The summed E-state index contributed by atoms with van der Waals surface area (Å²) >= 11 is 0. The molecule has 0 spiro atoms. The largest absolute Gasteiger partial charge is 0.328 e. The highest BCUT2D eigenvalue weighted by molar-refractivity contribution is 4.86. The molecule has 0 aromatic rings. The van der Waals surface area contributed by atoms with Gasteiger partial charge >= 0.3 is 0 Å². The summed E-state index contributed by atoms with van der Waals surface area (Å²) in [6, 6.07) is 1.21. The maximum atomic E-state index is 5.99. The van der Waals surface area contributed by atoms with Crippen molar-refractivity contribution < 1.29 is 0 Å². The molecule has 2 rings (SSSR count). The average Bonchev–Trinajstić information content (AvgIpc) is 2.19. The molecule has 3 N–H and O–H groups in total. The molecule has 1 saturated heterocycles. The highest BCUT2D eigenvalue weighted by Crippen LogP contribution is 2.29. The first kappa shape index (κ1) is 9.47. The molecule has 2 fully saturated rings. The maximum absolute atomic E-state index is 5.99. The van der Waals surface area contributed by atoms with Gasteiger partial charge in [0.2, 0.25) is 0 Å². The van der Waals surface area contributed by atoms with E-state index in [1.54, 1.807) is 0 Å². The van der Waals surface area contributed by atoms with E-state index in [-0.39, 0.29) is 0 Å². The highest BCUT2D eigenvalue weighted by Gasteiger charge is 2.27. The third kappa shape index (κ3) is 2.44. The lowest BCUT2D eigenvalue weighted by atomic mass is 9.80. The molecule has 0 amide bonds. The van der Waals surface area contributed by atoms with Crippen molar-refractivity contribution >= 4 is 0 Å². The number of hydrogen-bond acceptors (Lipinski definition) is 2. The molecule has 0 aromatic carbocycles. The summed E-state index contributed by atoms with van der Waals surface area (Å²) < 4.78 is 0. The number of nitrogens with two attached hydrogens (primary N) is 1. The lowest BCUT2D eigenvalue weighted by Crippen LogP contribution is -2.47. The van der Waals surface area contributed by atoms with Crippen molar-refractivity contribution in [1.82, 2.24) is 5.32 Å². The van der Waals surface area contributed by atoms with E-state index >= 15 is 0 Å². The molecule has 0 aromatic heterocycles. The molecule has 2 unspecified atom stereocenters. The van der Waals surface area contributed by atoms with E-state index in [1.807, 2.05) is 0 Å². The van der Waals surface area contributed by atoms with Gasteiger partial charge in [-0.25, -0.2) is 0 Å². The Morgan fingerprint density at radius 3 is 2.46 bits per heavy atom. The maximum Gasteiger partial charge on any atom is 0.0110 e. The Morgan fingerprint density at radius 1 is 1.00 bits per heavy atom. The molecular weight excluding hydrogens is 160 g/mol. The van der Waals surface area contributed by atoms with Gasteiger partial charge in [0, 0.05) is 12.1 Å². The fourth-order valence-electron chi connectivity index (χ4n) is 2.88. The van der Waals surface area contributed by atoms with Crippen molar-refractivity contribution in [2.24, 2.45) is 11.7 Å². The zero-order valence-electron chi connectivity index (χ0n) is 8.47. The molecule has 0 bridgehead atoms. The van der Waals surface area contributed by atoms with Gasteiger partial charge in [-0.1, -0.05) is 19.3 Å². The van der Waals surface area contributed by atoms with E-state index in [0.29, 0.717) is 6.04 Å². The van der Waals surface area contributed by atoms with Crippen LogP contribution in [0.2, 0.25) is 0 Å². The first-order chi connectivity index (χ1) is 6.36. The van der Waals surface area contributed by atoms with E-state index in [9.17, 15) is 0 Å². The van der Waals surface area contributed by atoms with Crippen LogP contribution in [0.25, 0.3) is 0 Å². The standard InChI is InChI=1S/C11H22N2/c12-10-6-7-13-11(8-10)9-4-2-1-3-5-9/h9-11,13H,1-8,12H2. The fraction of sp³-hybridized carbons (Fsp3) is 1.00. The SMILES string of the molecule is NC1CCNC(C2CCCCC2)C1. The lowest BCUT2D eigenvalue weighted by Gasteiger charge is -2.36. The second-order valence-electron chi connectivity index (χ2n) is 4.74. The van der Waals surface area contributed by atoms with Crippen LogP contribution in [0.3, 0.4) is 0 Å². The van der Waals surface area contributed by atoms with Gasteiger partial charge in [-0.05, 0) is 38.1 Å². The van der Waals surface area contributed by atoms with Crippen molar-refractivity contribution in [3.05, 3.63) is 0 Å². The van der Waals surface area contributed by atoms with Gasteiger partial charge in [-0.3, -0.25) is 0 Å². The molecule has 76 valence electrons. The van der Waals surface area contributed by atoms with Gasteiger partial charge in [0.15, 0.2) is 0 Å². The van der Waals surface area contributed by atoms with Crippen LogP contribution in [0.5, 0.6) is 0 Å². The minimum Gasteiger partial charge on any atom is -0.328 e. The molecule has 2 aliphatic rings. The quantitative estimate of drug-likeness (QED) is 0.647. The van der Waals surface area contributed by atoms with Crippen molar-refractivity contribution in [1.29, 1.82) is 0 Å². The van der Waals surface area contributed by atoms with Crippen LogP contribution in [-0.4, -0.2) is 18.6 Å². The molecule has 13 heavy (non-hydrogen) atoms. The third-order valence-electron chi connectivity index (χ3n) is 3.70. The topological polar surface area (TPSA) is 38.0 Å². The molecular formula is C11H22N2. The minimum absolute atomic E-state index is 0.466. The predicted octanol–water partition coefficient (Wildman–Crippen LogP) is 1.65. The summed E-state index contributed by atoms with van der Waals surface area (Å²) in [4.78, 5) is 0. The normalized spacial score (nSPS) is 37.6. The zero-order valence-corrected chi connectivity index (χ0v) is 8.47. The fourth-order valence-corrected chi connectivity index (χ4v) is 2.88. The third-order valence-corrected chi connectivity index (χ3v) is 3.70. The molecule has 1 aliphatic carbocycles. The van der Waals surface area contributed by atoms with Crippen LogP contribution >= 0.6 is 0 Å². The lowest BCUT2D eigenvalue weighted by molar-refractivity contribution is 0.222. The summed E-state index contributed by atoms with van der Waals surface area (Å²) in [6.45, 7) is 1.14. The van der Waals surface area contributed by atoms with Crippen molar-refractivity contribution in [3.63, 3.8) is 0 Å². The Hall–Kier alpha value is -0.0800. The monoisotopic (exact) mass is 182 g/mol. The molecule has 1 heterocycles. The van der Waals surface area contributed by atoms with Gasteiger partial charge in [-0.2, -0.15) is 0 Å². The van der Waals surface area contributed by atoms with Crippen LogP contribution < -0.4 is 11.1 Å². The van der Waals surface area contributed by atoms with Gasteiger partial charge in [-0.15, -0.1) is 0 Å². The number of hydrogen-bond donors (Lipinski definition) is 2. The van der Waals surface area contributed by atoms with Crippen LogP contribution in [-0.2, 0) is 0 Å². The van der Waals surface area contributed by atoms with E-state index < -0.39 is 0 Å². The second-order valence-corrected chi connectivity index (χ2v) is 4.74.